The van der Waals surface area contributed by atoms with Gasteiger partial charge in [-0.3, -0.25) is 9.67 Å². The van der Waals surface area contributed by atoms with E-state index in [1.54, 1.807) is 0 Å². The lowest BCUT2D eigenvalue weighted by atomic mass is 10.2. The predicted octanol–water partition coefficient (Wildman–Crippen LogP) is 2.29. The number of aromatic nitrogens is 2. The van der Waals surface area contributed by atoms with Crippen LogP contribution in [0.2, 0.25) is 5.02 Å². The summed E-state index contributed by atoms with van der Waals surface area (Å²) in [5, 5.41) is 10.0. The van der Waals surface area contributed by atoms with Crippen molar-refractivity contribution in [1.82, 2.24) is 15.1 Å². The topological polar surface area (TPSA) is 45.5 Å². The minimum absolute atomic E-state index is 0.661. The molecule has 0 spiro atoms. The molecule has 0 unspecified atom stereocenters. The second-order valence-corrected chi connectivity index (χ2v) is 5.97. The Balaban J connectivity index is 1.81. The van der Waals surface area contributed by atoms with Gasteiger partial charge in [-0.25, -0.2) is 0 Å². The van der Waals surface area contributed by atoms with Crippen LogP contribution in [-0.2, 0) is 6.54 Å². The molecule has 0 radical (unpaired) electrons. The average molecular weight is 304 g/mol. The van der Waals surface area contributed by atoms with Gasteiger partial charge in [0.2, 0.25) is 0 Å². The van der Waals surface area contributed by atoms with Crippen LogP contribution in [0.1, 0.15) is 12.8 Å². The summed E-state index contributed by atoms with van der Waals surface area (Å²) >= 11 is 6.43. The zero-order chi connectivity index (χ0) is 14.2. The van der Waals surface area contributed by atoms with Crippen LogP contribution in [0.4, 0.5) is 5.82 Å². The monoisotopic (exact) mass is 303 g/mol. The average Bonchev–Trinajstić information content (AvgIpc) is 3.19. The molecule has 21 heavy (non-hydrogen) atoms. The highest BCUT2D eigenvalue weighted by Crippen LogP contribution is 2.32. The van der Waals surface area contributed by atoms with Gasteiger partial charge >= 0.3 is 0 Å². The summed E-state index contributed by atoms with van der Waals surface area (Å²) in [4.78, 5) is 6.82. The van der Waals surface area contributed by atoms with Crippen molar-refractivity contribution in [2.75, 3.05) is 31.1 Å². The fourth-order valence-electron chi connectivity index (χ4n) is 3.15. The van der Waals surface area contributed by atoms with Gasteiger partial charge in [0, 0.05) is 25.0 Å². The second kappa shape index (κ2) is 5.22. The number of aliphatic imine (C=N–C) groups is 1. The van der Waals surface area contributed by atoms with Crippen LogP contribution in [0.15, 0.2) is 23.2 Å². The first kappa shape index (κ1) is 13.0. The molecule has 1 fully saturated rings. The first-order valence-electron chi connectivity index (χ1n) is 7.50. The zero-order valence-electron chi connectivity index (χ0n) is 11.8. The summed E-state index contributed by atoms with van der Waals surface area (Å²) in [6.07, 6.45) is 2.48. The molecule has 1 N–H and O–H groups in total. The lowest BCUT2D eigenvalue weighted by Gasteiger charge is -2.14. The van der Waals surface area contributed by atoms with Crippen molar-refractivity contribution in [3.63, 3.8) is 0 Å². The highest BCUT2D eigenvalue weighted by molar-refractivity contribution is 6.35. The molecule has 4 rings (SSSR count). The number of anilines is 1. The molecule has 0 amide bonds. The Labute approximate surface area is 128 Å². The lowest BCUT2D eigenvalue weighted by Crippen LogP contribution is -2.24. The standard InChI is InChI=1S/C15H18ClN5/c16-12-5-3-4-11-14(12)21(10-13-17-6-7-18-13)19-15(11)20-8-1-2-9-20/h3-5H,1-2,6-10H2,(H,17,18). The van der Waals surface area contributed by atoms with Gasteiger partial charge in [-0.05, 0) is 25.0 Å². The summed E-state index contributed by atoms with van der Waals surface area (Å²) in [7, 11) is 0. The smallest absolute Gasteiger partial charge is 0.158 e. The van der Waals surface area contributed by atoms with Gasteiger partial charge in [-0.15, -0.1) is 0 Å². The molecule has 0 saturated carbocycles. The van der Waals surface area contributed by atoms with Crippen molar-refractivity contribution in [2.45, 2.75) is 19.4 Å². The van der Waals surface area contributed by atoms with Gasteiger partial charge in [-0.1, -0.05) is 17.7 Å². The van der Waals surface area contributed by atoms with Crippen molar-refractivity contribution in [3.05, 3.63) is 23.2 Å². The number of nitrogens with one attached hydrogen (secondary N) is 1. The Bertz CT molecular complexity index is 699. The maximum Gasteiger partial charge on any atom is 0.158 e. The Morgan fingerprint density at radius 3 is 2.86 bits per heavy atom. The number of rotatable bonds is 3. The molecule has 1 saturated heterocycles. The zero-order valence-corrected chi connectivity index (χ0v) is 12.6. The maximum absolute atomic E-state index is 6.43. The van der Waals surface area contributed by atoms with Crippen molar-refractivity contribution in [3.8, 4) is 0 Å². The highest BCUT2D eigenvalue weighted by Gasteiger charge is 2.21. The third-order valence-electron chi connectivity index (χ3n) is 4.15. The quantitative estimate of drug-likeness (QED) is 0.946. The molecule has 2 aliphatic heterocycles. The predicted molar refractivity (Wildman–Crippen MR) is 86.5 cm³/mol. The fraction of sp³-hybridized carbons (Fsp3) is 0.467. The van der Waals surface area contributed by atoms with Gasteiger partial charge in [0.15, 0.2) is 5.82 Å². The Morgan fingerprint density at radius 1 is 1.24 bits per heavy atom. The number of para-hydroxylation sites is 1. The first-order chi connectivity index (χ1) is 10.3. The number of benzene rings is 1. The molecule has 1 aromatic heterocycles. The molecular formula is C15H18ClN5. The van der Waals surface area contributed by atoms with Gasteiger partial charge < -0.3 is 10.2 Å². The molecule has 1 aromatic carbocycles. The van der Waals surface area contributed by atoms with Gasteiger partial charge in [-0.2, -0.15) is 5.10 Å². The number of hydrogen-bond acceptors (Lipinski definition) is 4. The van der Waals surface area contributed by atoms with Crippen molar-refractivity contribution in [2.24, 2.45) is 4.99 Å². The summed E-state index contributed by atoms with van der Waals surface area (Å²) < 4.78 is 1.99. The van der Waals surface area contributed by atoms with Crippen LogP contribution >= 0.6 is 11.6 Å². The number of hydrogen-bond donors (Lipinski definition) is 1. The SMILES string of the molecule is Clc1cccc2c(N3CCCC3)nn(CC3=NCCN3)c12. The van der Waals surface area contributed by atoms with Gasteiger partial charge in [0.25, 0.3) is 0 Å². The maximum atomic E-state index is 6.43. The van der Waals surface area contributed by atoms with E-state index in [1.165, 1.54) is 12.8 Å². The van der Waals surface area contributed by atoms with E-state index in [2.05, 4.69) is 21.3 Å². The van der Waals surface area contributed by atoms with Crippen molar-refractivity contribution in [1.29, 1.82) is 0 Å². The minimum Gasteiger partial charge on any atom is -0.370 e. The molecule has 6 heteroatoms. The van der Waals surface area contributed by atoms with E-state index in [4.69, 9.17) is 16.7 Å². The van der Waals surface area contributed by atoms with Gasteiger partial charge in [0.1, 0.15) is 5.84 Å². The third-order valence-corrected chi connectivity index (χ3v) is 4.45. The van der Waals surface area contributed by atoms with E-state index >= 15 is 0 Å². The molecule has 2 aromatic rings. The normalized spacial score (nSPS) is 18.3. The van der Waals surface area contributed by atoms with E-state index < -0.39 is 0 Å². The summed E-state index contributed by atoms with van der Waals surface area (Å²) in [6, 6.07) is 6.05. The van der Waals surface area contributed by atoms with Crippen LogP contribution in [0, 0.1) is 0 Å². The summed E-state index contributed by atoms with van der Waals surface area (Å²) in [6.45, 7) is 4.59. The van der Waals surface area contributed by atoms with E-state index in [9.17, 15) is 0 Å². The van der Waals surface area contributed by atoms with Crippen LogP contribution in [-0.4, -0.2) is 41.8 Å². The fourth-order valence-corrected chi connectivity index (χ4v) is 3.42. The first-order valence-corrected chi connectivity index (χ1v) is 7.88. The summed E-state index contributed by atoms with van der Waals surface area (Å²) in [5.41, 5.74) is 1.01. The Hall–Kier alpha value is -1.75. The van der Waals surface area contributed by atoms with E-state index in [0.29, 0.717) is 6.54 Å². The van der Waals surface area contributed by atoms with Crippen LogP contribution in [0.25, 0.3) is 10.9 Å². The van der Waals surface area contributed by atoms with Gasteiger partial charge in [0.05, 0.1) is 23.6 Å². The number of fused-ring (bicyclic) bond motifs is 1. The third kappa shape index (κ3) is 2.25. The summed E-state index contributed by atoms with van der Waals surface area (Å²) in [5.74, 6) is 2.05. The molecular weight excluding hydrogens is 286 g/mol. The lowest BCUT2D eigenvalue weighted by molar-refractivity contribution is 0.729. The van der Waals surface area contributed by atoms with Crippen LogP contribution in [0.5, 0.6) is 0 Å². The molecule has 5 nitrogen and oxygen atoms in total. The molecule has 0 aliphatic carbocycles. The van der Waals surface area contributed by atoms with Crippen LogP contribution < -0.4 is 10.2 Å². The number of amidine groups is 1. The largest absolute Gasteiger partial charge is 0.370 e. The molecule has 0 atom stereocenters. The second-order valence-electron chi connectivity index (χ2n) is 5.57. The van der Waals surface area contributed by atoms with Crippen molar-refractivity contribution >= 4 is 34.2 Å². The molecule has 3 heterocycles. The minimum atomic E-state index is 0.661. The highest BCUT2D eigenvalue weighted by atomic mass is 35.5. The Kier molecular flexibility index (Phi) is 3.22. The number of halogens is 1. The van der Waals surface area contributed by atoms with E-state index in [-0.39, 0.29) is 0 Å². The molecule has 2 aliphatic rings. The molecule has 110 valence electrons. The van der Waals surface area contributed by atoms with Crippen LogP contribution in [0.3, 0.4) is 0 Å². The van der Waals surface area contributed by atoms with Crippen molar-refractivity contribution < 1.29 is 0 Å². The van der Waals surface area contributed by atoms with E-state index in [0.717, 1.165) is 53.8 Å². The Morgan fingerprint density at radius 2 is 2.10 bits per heavy atom. The molecule has 0 bridgehead atoms. The number of nitrogens with zero attached hydrogens (tertiary/aromatic N) is 4. The van der Waals surface area contributed by atoms with E-state index in [1.807, 2.05) is 16.8 Å².